The van der Waals surface area contributed by atoms with Gasteiger partial charge in [0.15, 0.2) is 11.6 Å². The van der Waals surface area contributed by atoms with E-state index in [2.05, 4.69) is 25.9 Å². The molecule has 1 fully saturated rings. The maximum absolute atomic E-state index is 14.8. The molecule has 7 nitrogen and oxygen atoms in total. The normalized spacial score (nSPS) is 20.1. The zero-order chi connectivity index (χ0) is 22.9. The minimum atomic E-state index is -2.94. The molecule has 32 heavy (non-hydrogen) atoms. The molecule has 2 unspecified atom stereocenters. The first kappa shape index (κ1) is 21.8. The van der Waals surface area contributed by atoms with Gasteiger partial charge in [-0.2, -0.15) is 0 Å². The lowest BCUT2D eigenvalue weighted by atomic mass is 9.87. The summed E-state index contributed by atoms with van der Waals surface area (Å²) in [6.45, 7) is 0. The van der Waals surface area contributed by atoms with Gasteiger partial charge in [-0.05, 0) is 50.2 Å². The van der Waals surface area contributed by atoms with Crippen molar-refractivity contribution >= 4 is 34.1 Å². The van der Waals surface area contributed by atoms with Crippen molar-refractivity contribution in [3.63, 3.8) is 0 Å². The number of fused-ring (bicyclic) bond motifs is 1. The third-order valence-electron chi connectivity index (χ3n) is 5.66. The topological polar surface area (TPSA) is 105 Å². The van der Waals surface area contributed by atoms with Gasteiger partial charge in [-0.15, -0.1) is 0 Å². The van der Waals surface area contributed by atoms with Crippen molar-refractivity contribution in [2.45, 2.75) is 37.3 Å². The molecule has 4 rings (SSSR count). The molecule has 1 aliphatic rings. The number of carbonyl (C=O) groups is 1. The van der Waals surface area contributed by atoms with Gasteiger partial charge in [0, 0.05) is 29.7 Å². The number of nitrogens with zero attached hydrogens (tertiary/aromatic N) is 2. The van der Waals surface area contributed by atoms with Crippen LogP contribution in [0.1, 0.15) is 29.6 Å². The average Bonchev–Trinajstić information content (AvgIpc) is 2.75. The molecule has 0 radical (unpaired) electrons. The number of pyridine rings is 2. The predicted octanol–water partition coefficient (Wildman–Crippen LogP) is 3.80. The smallest absolute Gasteiger partial charge is 0.265 e. The van der Waals surface area contributed by atoms with Crippen molar-refractivity contribution in [3.05, 3.63) is 54.0 Å². The second kappa shape index (κ2) is 8.62. The zero-order valence-electron chi connectivity index (χ0n) is 17.3. The summed E-state index contributed by atoms with van der Waals surface area (Å²) >= 11 is 0. The largest absolute Gasteiger partial charge is 0.365 e. The van der Waals surface area contributed by atoms with E-state index in [1.807, 2.05) is 12.1 Å². The number of alkyl halides is 2. The number of rotatable bonds is 6. The lowest BCUT2D eigenvalue weighted by Gasteiger charge is -2.38. The van der Waals surface area contributed by atoms with Crippen molar-refractivity contribution in [2.75, 3.05) is 17.7 Å². The van der Waals surface area contributed by atoms with Crippen LogP contribution < -0.4 is 21.7 Å². The number of amides is 1. The summed E-state index contributed by atoms with van der Waals surface area (Å²) in [5.41, 5.74) is 6.57. The van der Waals surface area contributed by atoms with Crippen molar-refractivity contribution in [2.24, 2.45) is 5.73 Å². The molecule has 0 bridgehead atoms. The number of nitrogens with two attached hydrogens (primary N) is 1. The maximum Gasteiger partial charge on any atom is 0.265 e. The first-order valence-electron chi connectivity index (χ1n) is 10.2. The van der Waals surface area contributed by atoms with Gasteiger partial charge in [-0.1, -0.05) is 6.07 Å². The first-order valence-corrected chi connectivity index (χ1v) is 10.2. The van der Waals surface area contributed by atoms with Crippen LogP contribution >= 0.6 is 0 Å². The van der Waals surface area contributed by atoms with Crippen LogP contribution in [-0.4, -0.2) is 40.9 Å². The number of hydrogen-bond acceptors (Lipinski definition) is 6. The second-order valence-electron chi connectivity index (χ2n) is 7.75. The van der Waals surface area contributed by atoms with Gasteiger partial charge < -0.3 is 21.7 Å². The molecule has 2 aromatic heterocycles. The van der Waals surface area contributed by atoms with E-state index in [0.29, 0.717) is 17.6 Å². The Morgan fingerprint density at radius 3 is 2.78 bits per heavy atom. The number of benzene rings is 1. The van der Waals surface area contributed by atoms with E-state index in [4.69, 9.17) is 5.73 Å². The van der Waals surface area contributed by atoms with Crippen molar-refractivity contribution < 1.29 is 18.0 Å². The lowest BCUT2D eigenvalue weighted by molar-refractivity contribution is -0.0654. The molecule has 1 aliphatic carbocycles. The molecule has 1 aromatic carbocycles. The number of carbonyl (C=O) groups excluding carboxylic acids is 1. The third-order valence-corrected chi connectivity index (χ3v) is 5.66. The number of nitrogens with one attached hydrogen (secondary N) is 3. The summed E-state index contributed by atoms with van der Waals surface area (Å²) in [6.07, 6.45) is 2.11. The van der Waals surface area contributed by atoms with Crippen molar-refractivity contribution in [1.82, 2.24) is 15.3 Å². The van der Waals surface area contributed by atoms with Crippen LogP contribution in [0.5, 0.6) is 0 Å². The summed E-state index contributed by atoms with van der Waals surface area (Å²) in [4.78, 5) is 20.4. The summed E-state index contributed by atoms with van der Waals surface area (Å²) in [5, 5.41) is 9.21. The predicted molar refractivity (Wildman–Crippen MR) is 117 cm³/mol. The van der Waals surface area contributed by atoms with Gasteiger partial charge in [0.2, 0.25) is 0 Å². The number of anilines is 3. The minimum Gasteiger partial charge on any atom is -0.365 e. The van der Waals surface area contributed by atoms with Crippen LogP contribution in [0.2, 0.25) is 0 Å². The Labute approximate surface area is 182 Å². The molecule has 10 heteroatoms. The number of hydrogen-bond donors (Lipinski definition) is 4. The van der Waals surface area contributed by atoms with E-state index in [9.17, 15) is 18.0 Å². The van der Waals surface area contributed by atoms with E-state index in [-0.39, 0.29) is 30.0 Å². The van der Waals surface area contributed by atoms with Crippen LogP contribution in [0, 0.1) is 5.82 Å². The molecule has 168 valence electrons. The highest BCUT2D eigenvalue weighted by Crippen LogP contribution is 2.35. The monoisotopic (exact) mass is 444 g/mol. The van der Waals surface area contributed by atoms with Crippen LogP contribution in [0.4, 0.5) is 30.5 Å². The fraction of sp³-hybridized carbons (Fsp3) is 0.318. The fourth-order valence-corrected chi connectivity index (χ4v) is 4.13. The molecule has 0 spiro atoms. The summed E-state index contributed by atoms with van der Waals surface area (Å²) in [6, 6.07) is 7.96. The van der Waals surface area contributed by atoms with Crippen LogP contribution in [-0.2, 0) is 0 Å². The summed E-state index contributed by atoms with van der Waals surface area (Å²) < 4.78 is 43.4. The molecular weight excluding hydrogens is 421 g/mol. The van der Waals surface area contributed by atoms with Gasteiger partial charge in [-0.25, -0.2) is 18.2 Å². The van der Waals surface area contributed by atoms with Crippen LogP contribution in [0.3, 0.4) is 0 Å². The Morgan fingerprint density at radius 1 is 1.22 bits per heavy atom. The average molecular weight is 444 g/mol. The van der Waals surface area contributed by atoms with Crippen molar-refractivity contribution in [1.29, 1.82) is 0 Å². The fourth-order valence-electron chi connectivity index (χ4n) is 4.13. The standard InChI is InChI=1S/C22H23F3N6O/c1-27-18-17(8-3-9-22(18,24)25)30-21-14(23)11-13(19(26)32)20(31-21)29-16-7-2-6-15-12(16)5-4-10-28-15/h2,4-7,10-11,17-18,27H,3,8-9H2,1H3,(H2,26,32)(H2,29,30,31). The van der Waals surface area contributed by atoms with E-state index < -0.39 is 29.7 Å². The molecular formula is C22H23F3N6O. The Balaban J connectivity index is 1.71. The van der Waals surface area contributed by atoms with Gasteiger partial charge in [0.1, 0.15) is 5.82 Å². The molecule has 0 saturated heterocycles. The van der Waals surface area contributed by atoms with Gasteiger partial charge in [-0.3, -0.25) is 9.78 Å². The Hall–Kier alpha value is -3.40. The Morgan fingerprint density at radius 2 is 2.03 bits per heavy atom. The van der Waals surface area contributed by atoms with Crippen LogP contribution in [0.25, 0.3) is 10.9 Å². The highest BCUT2D eigenvalue weighted by Gasteiger charge is 2.46. The first-order chi connectivity index (χ1) is 15.3. The van der Waals surface area contributed by atoms with E-state index >= 15 is 0 Å². The SMILES string of the molecule is CNC1C(Nc2nc(Nc3cccc4ncccc34)c(C(N)=O)cc2F)CCCC1(F)F. The molecule has 0 aliphatic heterocycles. The molecule has 3 aromatic rings. The summed E-state index contributed by atoms with van der Waals surface area (Å²) in [7, 11) is 1.44. The highest BCUT2D eigenvalue weighted by atomic mass is 19.3. The minimum absolute atomic E-state index is 0.0151. The van der Waals surface area contributed by atoms with Gasteiger partial charge >= 0.3 is 0 Å². The van der Waals surface area contributed by atoms with Gasteiger partial charge in [0.25, 0.3) is 11.8 Å². The number of halogens is 3. The molecule has 2 atom stereocenters. The van der Waals surface area contributed by atoms with Crippen molar-refractivity contribution in [3.8, 4) is 0 Å². The molecule has 5 N–H and O–H groups in total. The Bertz CT molecular complexity index is 1150. The number of likely N-dealkylation sites (N-methyl/N-ethyl adjacent to an activating group) is 1. The third kappa shape index (κ3) is 4.18. The number of primary amides is 1. The quantitative estimate of drug-likeness (QED) is 0.461. The van der Waals surface area contributed by atoms with Gasteiger partial charge in [0.05, 0.1) is 17.1 Å². The maximum atomic E-state index is 14.8. The molecule has 2 heterocycles. The Kier molecular flexibility index (Phi) is 5.88. The highest BCUT2D eigenvalue weighted by molar-refractivity contribution is 6.00. The molecule has 1 amide bonds. The second-order valence-corrected chi connectivity index (χ2v) is 7.75. The zero-order valence-corrected chi connectivity index (χ0v) is 17.3. The van der Waals surface area contributed by atoms with E-state index in [0.717, 1.165) is 11.5 Å². The van der Waals surface area contributed by atoms with Crippen LogP contribution in [0.15, 0.2) is 42.6 Å². The summed E-state index contributed by atoms with van der Waals surface area (Å²) in [5.74, 6) is -4.89. The molecule has 1 saturated carbocycles. The number of aromatic nitrogens is 2. The van der Waals surface area contributed by atoms with E-state index in [1.165, 1.54) is 7.05 Å². The lowest BCUT2D eigenvalue weighted by Crippen LogP contribution is -2.56. The van der Waals surface area contributed by atoms with E-state index in [1.54, 1.807) is 24.4 Å².